The van der Waals surface area contributed by atoms with Crippen LogP contribution in [0.5, 0.6) is 0 Å². The normalized spacial score (nSPS) is 18.7. The predicted octanol–water partition coefficient (Wildman–Crippen LogP) is 2.54. The number of carbonyl (C=O) groups excluding carboxylic acids is 2. The number of hydrogen-bond donors (Lipinski definition) is 2. The molecule has 24 heavy (non-hydrogen) atoms. The lowest BCUT2D eigenvalue weighted by Crippen LogP contribution is -2.27. The number of rotatable bonds is 6. The van der Waals surface area contributed by atoms with Crippen molar-refractivity contribution >= 4 is 17.5 Å². The molecule has 0 aliphatic heterocycles. The lowest BCUT2D eigenvalue weighted by atomic mass is 10.1. The van der Waals surface area contributed by atoms with E-state index in [1.807, 2.05) is 42.5 Å². The molecule has 0 radical (unpaired) electrons. The van der Waals surface area contributed by atoms with Crippen LogP contribution in [0.15, 0.2) is 48.7 Å². The van der Waals surface area contributed by atoms with Crippen molar-refractivity contribution in [1.29, 1.82) is 0 Å². The van der Waals surface area contributed by atoms with Gasteiger partial charge in [-0.3, -0.25) is 14.6 Å². The summed E-state index contributed by atoms with van der Waals surface area (Å²) in [7, 11) is 0. The van der Waals surface area contributed by atoms with Gasteiger partial charge in [-0.2, -0.15) is 0 Å². The molecule has 1 aromatic heterocycles. The number of aromatic nitrogens is 1. The van der Waals surface area contributed by atoms with E-state index in [9.17, 15) is 9.59 Å². The monoisotopic (exact) mass is 323 g/mol. The van der Waals surface area contributed by atoms with E-state index in [0.717, 1.165) is 17.8 Å². The molecule has 5 heteroatoms. The molecule has 1 saturated carbocycles. The highest BCUT2D eigenvalue weighted by Gasteiger charge is 2.47. The zero-order valence-corrected chi connectivity index (χ0v) is 13.7. The van der Waals surface area contributed by atoms with Crippen molar-refractivity contribution in [1.82, 2.24) is 10.3 Å². The van der Waals surface area contributed by atoms with E-state index in [0.29, 0.717) is 13.0 Å². The van der Waals surface area contributed by atoms with Crippen molar-refractivity contribution in [3.8, 4) is 0 Å². The summed E-state index contributed by atoms with van der Waals surface area (Å²) in [6.45, 7) is 2.48. The third-order valence-electron chi connectivity index (χ3n) is 4.26. The second-order valence-corrected chi connectivity index (χ2v) is 6.03. The summed E-state index contributed by atoms with van der Waals surface area (Å²) in [5.74, 6) is -0.636. The fourth-order valence-corrected chi connectivity index (χ4v) is 2.64. The minimum Gasteiger partial charge on any atom is -0.350 e. The van der Waals surface area contributed by atoms with Gasteiger partial charge >= 0.3 is 0 Å². The number of anilines is 1. The molecule has 1 aliphatic rings. The smallest absolute Gasteiger partial charge is 0.228 e. The van der Waals surface area contributed by atoms with Crippen molar-refractivity contribution in [3.63, 3.8) is 0 Å². The molecule has 1 aromatic carbocycles. The lowest BCUT2D eigenvalue weighted by Gasteiger charge is -2.06. The fraction of sp³-hybridized carbons (Fsp3) is 0.316. The number of benzene rings is 1. The number of amides is 2. The average Bonchev–Trinajstić information content (AvgIpc) is 3.42. The second kappa shape index (κ2) is 7.25. The summed E-state index contributed by atoms with van der Waals surface area (Å²) in [5.41, 5.74) is 2.81. The van der Waals surface area contributed by atoms with Crippen LogP contribution in [0, 0.1) is 11.8 Å². The van der Waals surface area contributed by atoms with Gasteiger partial charge in [0.1, 0.15) is 0 Å². The van der Waals surface area contributed by atoms with Gasteiger partial charge in [-0.15, -0.1) is 0 Å². The van der Waals surface area contributed by atoms with Crippen LogP contribution in [0.4, 0.5) is 5.69 Å². The largest absolute Gasteiger partial charge is 0.350 e. The number of carbonyl (C=O) groups is 2. The zero-order valence-electron chi connectivity index (χ0n) is 13.7. The third kappa shape index (κ3) is 3.98. The first-order valence-electron chi connectivity index (χ1n) is 8.25. The molecular formula is C19H21N3O2. The summed E-state index contributed by atoms with van der Waals surface area (Å²) < 4.78 is 0. The Hall–Kier alpha value is -2.69. The molecule has 2 N–H and O–H groups in total. The first-order valence-corrected chi connectivity index (χ1v) is 8.25. The minimum atomic E-state index is -0.236. The number of nitrogens with one attached hydrogen (secondary N) is 2. The van der Waals surface area contributed by atoms with Crippen molar-refractivity contribution < 1.29 is 9.59 Å². The predicted molar refractivity (Wildman–Crippen MR) is 92.1 cm³/mol. The van der Waals surface area contributed by atoms with E-state index in [4.69, 9.17) is 0 Å². The Balaban J connectivity index is 1.47. The molecule has 1 fully saturated rings. The van der Waals surface area contributed by atoms with E-state index in [1.54, 1.807) is 6.20 Å². The van der Waals surface area contributed by atoms with Crippen LogP contribution < -0.4 is 10.6 Å². The van der Waals surface area contributed by atoms with E-state index < -0.39 is 0 Å². The van der Waals surface area contributed by atoms with E-state index in [-0.39, 0.29) is 23.7 Å². The summed E-state index contributed by atoms with van der Waals surface area (Å²) in [6.07, 6.45) is 3.26. The maximum absolute atomic E-state index is 12.2. The molecule has 2 atom stereocenters. The fourth-order valence-electron chi connectivity index (χ4n) is 2.64. The van der Waals surface area contributed by atoms with Gasteiger partial charge in [0.15, 0.2) is 0 Å². The van der Waals surface area contributed by atoms with Crippen LogP contribution in [-0.4, -0.2) is 16.8 Å². The summed E-state index contributed by atoms with van der Waals surface area (Å²) in [4.78, 5) is 28.5. The van der Waals surface area contributed by atoms with Crippen LogP contribution in [0.25, 0.3) is 0 Å². The van der Waals surface area contributed by atoms with Crippen LogP contribution in [0.3, 0.4) is 0 Å². The molecule has 5 nitrogen and oxygen atoms in total. The molecule has 1 heterocycles. The summed E-state index contributed by atoms with van der Waals surface area (Å²) >= 11 is 0. The summed E-state index contributed by atoms with van der Waals surface area (Å²) in [6, 6.07) is 13.4. The van der Waals surface area contributed by atoms with Crippen molar-refractivity contribution in [2.75, 3.05) is 5.32 Å². The molecular weight excluding hydrogens is 302 g/mol. The SMILES string of the molecule is CCc1ccc(NC(=O)C2CC2C(=O)NCc2ccccn2)cc1. The van der Waals surface area contributed by atoms with Gasteiger partial charge in [0.05, 0.1) is 24.1 Å². The van der Waals surface area contributed by atoms with Crippen LogP contribution in [0.2, 0.25) is 0 Å². The molecule has 124 valence electrons. The number of hydrogen-bond acceptors (Lipinski definition) is 3. The van der Waals surface area contributed by atoms with Gasteiger partial charge < -0.3 is 10.6 Å². The molecule has 0 spiro atoms. The molecule has 2 aromatic rings. The topological polar surface area (TPSA) is 71.1 Å². The lowest BCUT2D eigenvalue weighted by molar-refractivity contribution is -0.125. The highest BCUT2D eigenvalue weighted by Crippen LogP contribution is 2.39. The van der Waals surface area contributed by atoms with Crippen LogP contribution in [-0.2, 0) is 22.6 Å². The van der Waals surface area contributed by atoms with Gasteiger partial charge in [0.2, 0.25) is 11.8 Å². The second-order valence-electron chi connectivity index (χ2n) is 6.03. The third-order valence-corrected chi connectivity index (χ3v) is 4.26. The van der Waals surface area contributed by atoms with Gasteiger partial charge in [-0.25, -0.2) is 0 Å². The summed E-state index contributed by atoms with van der Waals surface area (Å²) in [5, 5.41) is 5.73. The molecule has 3 rings (SSSR count). The molecule has 0 saturated heterocycles. The molecule has 2 amide bonds. The number of nitrogens with zero attached hydrogens (tertiary/aromatic N) is 1. The Labute approximate surface area is 141 Å². The first kappa shape index (κ1) is 16.2. The van der Waals surface area contributed by atoms with E-state index in [1.165, 1.54) is 5.56 Å². The van der Waals surface area contributed by atoms with Crippen molar-refractivity contribution in [3.05, 3.63) is 59.9 Å². The van der Waals surface area contributed by atoms with Crippen molar-refractivity contribution in [2.45, 2.75) is 26.3 Å². The Bertz CT molecular complexity index is 713. The maximum atomic E-state index is 12.2. The van der Waals surface area contributed by atoms with E-state index >= 15 is 0 Å². The Morgan fingerprint density at radius 3 is 2.50 bits per heavy atom. The highest BCUT2D eigenvalue weighted by molar-refractivity contribution is 5.99. The number of aryl methyl sites for hydroxylation is 1. The maximum Gasteiger partial charge on any atom is 0.228 e. The Morgan fingerprint density at radius 1 is 1.08 bits per heavy atom. The molecule has 2 unspecified atom stereocenters. The quantitative estimate of drug-likeness (QED) is 0.858. The van der Waals surface area contributed by atoms with Crippen LogP contribution >= 0.6 is 0 Å². The molecule has 1 aliphatic carbocycles. The standard InChI is InChI=1S/C19H21N3O2/c1-2-13-6-8-14(9-7-13)22-19(24)17-11-16(17)18(23)21-12-15-5-3-4-10-20-15/h3-10,16-17H,2,11-12H2,1H3,(H,21,23)(H,22,24). The average molecular weight is 323 g/mol. The number of pyridine rings is 1. The van der Waals surface area contributed by atoms with E-state index in [2.05, 4.69) is 22.5 Å². The minimum absolute atomic E-state index is 0.0814. The van der Waals surface area contributed by atoms with Gasteiger partial charge in [0.25, 0.3) is 0 Å². The first-order chi connectivity index (χ1) is 11.7. The zero-order chi connectivity index (χ0) is 16.9. The van der Waals surface area contributed by atoms with Crippen molar-refractivity contribution in [2.24, 2.45) is 11.8 Å². The van der Waals surface area contributed by atoms with Gasteiger partial charge in [-0.1, -0.05) is 25.1 Å². The Kier molecular flexibility index (Phi) is 4.89. The van der Waals surface area contributed by atoms with Gasteiger partial charge in [0, 0.05) is 11.9 Å². The molecule has 0 bridgehead atoms. The Morgan fingerprint density at radius 2 is 1.83 bits per heavy atom. The highest BCUT2D eigenvalue weighted by atomic mass is 16.2. The van der Waals surface area contributed by atoms with Gasteiger partial charge in [-0.05, 0) is 42.7 Å². The van der Waals surface area contributed by atoms with Crippen LogP contribution in [0.1, 0.15) is 24.6 Å².